The molecule has 0 aliphatic heterocycles. The Hall–Kier alpha value is -5.38. The van der Waals surface area contributed by atoms with E-state index in [-0.39, 0.29) is 11.4 Å². The summed E-state index contributed by atoms with van der Waals surface area (Å²) >= 11 is 0. The molecule has 0 unspecified atom stereocenters. The Morgan fingerprint density at radius 1 is 0.730 bits per heavy atom. The van der Waals surface area contributed by atoms with E-state index in [0.717, 1.165) is 5.69 Å². The van der Waals surface area contributed by atoms with Crippen LogP contribution in [0.5, 0.6) is 5.75 Å². The van der Waals surface area contributed by atoms with Crippen LogP contribution in [0.2, 0.25) is 0 Å². The Morgan fingerprint density at radius 2 is 1.24 bits per heavy atom. The number of rotatable bonds is 9. The Balaban J connectivity index is 1.66. The predicted molar refractivity (Wildman–Crippen MR) is 142 cm³/mol. The normalized spacial score (nSPS) is 11.1. The van der Waals surface area contributed by atoms with E-state index in [2.05, 4.69) is 15.3 Å². The van der Waals surface area contributed by atoms with Crippen LogP contribution >= 0.6 is 0 Å². The van der Waals surface area contributed by atoms with E-state index in [9.17, 15) is 20.2 Å². The Morgan fingerprint density at radius 3 is 1.70 bits per heavy atom. The van der Waals surface area contributed by atoms with Crippen molar-refractivity contribution in [3.05, 3.63) is 122 Å². The maximum atomic E-state index is 11.1. The number of nitrogens with one attached hydrogen (secondary N) is 1. The first-order chi connectivity index (χ1) is 17.9. The average molecular weight is 495 g/mol. The second-order valence-electron chi connectivity index (χ2n) is 7.77. The average Bonchev–Trinajstić information content (AvgIpc) is 2.91. The molecule has 4 aromatic rings. The molecule has 1 heterocycles. The van der Waals surface area contributed by atoms with Gasteiger partial charge in [-0.25, -0.2) is 9.97 Å². The van der Waals surface area contributed by atoms with E-state index in [0.29, 0.717) is 34.2 Å². The van der Waals surface area contributed by atoms with Crippen molar-refractivity contribution in [2.45, 2.75) is 0 Å². The first-order valence-corrected chi connectivity index (χ1v) is 11.0. The van der Waals surface area contributed by atoms with Crippen LogP contribution in [-0.2, 0) is 0 Å². The van der Waals surface area contributed by atoms with Gasteiger partial charge in [-0.05, 0) is 53.6 Å². The fourth-order valence-corrected chi connectivity index (χ4v) is 3.36. The van der Waals surface area contributed by atoms with Gasteiger partial charge in [0.2, 0.25) is 5.95 Å². The highest BCUT2D eigenvalue weighted by atomic mass is 16.6. The van der Waals surface area contributed by atoms with Gasteiger partial charge in [0.1, 0.15) is 5.75 Å². The van der Waals surface area contributed by atoms with Crippen LogP contribution in [0.25, 0.3) is 24.3 Å². The van der Waals surface area contributed by atoms with Crippen molar-refractivity contribution < 1.29 is 14.6 Å². The molecule has 0 atom stereocenters. The molecule has 10 nitrogen and oxygen atoms in total. The summed E-state index contributed by atoms with van der Waals surface area (Å²) in [5.41, 5.74) is 3.12. The van der Waals surface area contributed by atoms with Gasteiger partial charge in [0.05, 0.1) is 28.3 Å². The monoisotopic (exact) mass is 495 g/mol. The SMILES string of the molecule is COc1ccc(Nc2nc(/C=C/c3cccc([N+](=O)[O-])c3)cc(/C=C/c3cccc([N+](=O)[O-])c3)n2)cc1. The number of anilines is 2. The van der Waals surface area contributed by atoms with E-state index in [1.54, 1.807) is 73.9 Å². The van der Waals surface area contributed by atoms with Crippen LogP contribution in [-0.4, -0.2) is 26.9 Å². The van der Waals surface area contributed by atoms with Gasteiger partial charge in [-0.15, -0.1) is 0 Å². The molecule has 184 valence electrons. The number of hydrogen-bond donors (Lipinski definition) is 1. The Kier molecular flexibility index (Phi) is 7.60. The van der Waals surface area contributed by atoms with E-state index < -0.39 is 9.85 Å². The molecule has 0 aliphatic carbocycles. The topological polar surface area (TPSA) is 133 Å². The minimum atomic E-state index is -0.449. The number of benzene rings is 3. The van der Waals surface area contributed by atoms with Crippen LogP contribution in [0.1, 0.15) is 22.5 Å². The quantitative estimate of drug-likeness (QED) is 0.209. The minimum absolute atomic E-state index is 0.00715. The van der Waals surface area contributed by atoms with Crippen LogP contribution in [0.3, 0.4) is 0 Å². The molecular formula is C27H21N5O5. The smallest absolute Gasteiger partial charge is 0.270 e. The van der Waals surface area contributed by atoms with Crippen molar-refractivity contribution in [3.63, 3.8) is 0 Å². The molecule has 0 radical (unpaired) electrons. The highest BCUT2D eigenvalue weighted by Gasteiger charge is 2.07. The largest absolute Gasteiger partial charge is 0.497 e. The molecule has 1 aromatic heterocycles. The molecule has 0 saturated carbocycles. The van der Waals surface area contributed by atoms with Crippen LogP contribution < -0.4 is 10.1 Å². The summed E-state index contributed by atoms with van der Waals surface area (Å²) in [7, 11) is 1.59. The molecule has 0 amide bonds. The van der Waals surface area contributed by atoms with Crippen molar-refractivity contribution in [2.24, 2.45) is 0 Å². The van der Waals surface area contributed by atoms with E-state index in [1.165, 1.54) is 24.3 Å². The van der Waals surface area contributed by atoms with Crippen molar-refractivity contribution in [3.8, 4) is 5.75 Å². The number of ether oxygens (including phenoxy) is 1. The van der Waals surface area contributed by atoms with Crippen molar-refractivity contribution in [1.82, 2.24) is 9.97 Å². The zero-order valence-electron chi connectivity index (χ0n) is 19.6. The number of hydrogen-bond acceptors (Lipinski definition) is 8. The van der Waals surface area contributed by atoms with Gasteiger partial charge in [-0.1, -0.05) is 36.4 Å². The lowest BCUT2D eigenvalue weighted by molar-refractivity contribution is -0.385. The Labute approximate surface area is 211 Å². The molecule has 3 aromatic carbocycles. The summed E-state index contributed by atoms with van der Waals surface area (Å²) < 4.78 is 5.19. The van der Waals surface area contributed by atoms with Crippen molar-refractivity contribution >= 4 is 47.3 Å². The lowest BCUT2D eigenvalue weighted by atomic mass is 10.1. The molecule has 1 N–H and O–H groups in total. The van der Waals surface area contributed by atoms with Gasteiger partial charge in [0.15, 0.2) is 0 Å². The summed E-state index contributed by atoms with van der Waals surface area (Å²) in [4.78, 5) is 30.3. The van der Waals surface area contributed by atoms with E-state index in [1.807, 2.05) is 12.1 Å². The number of nitrogens with zero attached hydrogens (tertiary/aromatic N) is 4. The van der Waals surface area contributed by atoms with Crippen LogP contribution in [0.15, 0.2) is 78.9 Å². The lowest BCUT2D eigenvalue weighted by Gasteiger charge is -2.08. The van der Waals surface area contributed by atoms with Gasteiger partial charge in [0.25, 0.3) is 11.4 Å². The second kappa shape index (κ2) is 11.4. The van der Waals surface area contributed by atoms with Crippen LogP contribution in [0.4, 0.5) is 23.0 Å². The maximum absolute atomic E-state index is 11.1. The van der Waals surface area contributed by atoms with E-state index in [4.69, 9.17) is 4.74 Å². The van der Waals surface area contributed by atoms with Crippen LogP contribution in [0, 0.1) is 20.2 Å². The second-order valence-corrected chi connectivity index (χ2v) is 7.77. The van der Waals surface area contributed by atoms with E-state index >= 15 is 0 Å². The van der Waals surface area contributed by atoms with Gasteiger partial charge in [-0.2, -0.15) is 0 Å². The molecular weight excluding hydrogens is 474 g/mol. The first-order valence-electron chi connectivity index (χ1n) is 11.0. The standard InChI is InChI=1S/C27H21N5O5/c1-37-26-14-12-21(13-15-26)28-27-29-22(10-8-19-4-2-6-24(16-19)31(33)34)18-23(30-27)11-9-20-5-3-7-25(17-20)32(35)36/h2-18H,1H3,(H,28,29,30)/b10-8+,11-9+. The highest BCUT2D eigenvalue weighted by Crippen LogP contribution is 2.21. The third-order valence-electron chi connectivity index (χ3n) is 5.17. The third-order valence-corrected chi connectivity index (χ3v) is 5.17. The summed E-state index contributed by atoms with van der Waals surface area (Å²) in [6, 6.07) is 21.5. The summed E-state index contributed by atoms with van der Waals surface area (Å²) in [5, 5.41) is 25.3. The lowest BCUT2D eigenvalue weighted by Crippen LogP contribution is -2.00. The molecule has 0 fully saturated rings. The van der Waals surface area contributed by atoms with Crippen molar-refractivity contribution in [2.75, 3.05) is 12.4 Å². The summed E-state index contributed by atoms with van der Waals surface area (Å²) in [5.74, 6) is 1.03. The fraction of sp³-hybridized carbons (Fsp3) is 0.0370. The molecule has 0 spiro atoms. The maximum Gasteiger partial charge on any atom is 0.270 e. The molecule has 0 saturated heterocycles. The molecule has 0 bridgehead atoms. The number of non-ortho nitro benzene ring substituents is 2. The first kappa shape index (κ1) is 24.7. The fourth-order valence-electron chi connectivity index (χ4n) is 3.36. The predicted octanol–water partition coefficient (Wildman–Crippen LogP) is 6.39. The van der Waals surface area contributed by atoms with Gasteiger partial charge in [-0.3, -0.25) is 20.2 Å². The van der Waals surface area contributed by atoms with Gasteiger partial charge >= 0.3 is 0 Å². The number of methoxy groups -OCH3 is 1. The zero-order chi connectivity index (χ0) is 26.2. The van der Waals surface area contributed by atoms with Crippen molar-refractivity contribution in [1.29, 1.82) is 0 Å². The zero-order valence-corrected chi connectivity index (χ0v) is 19.6. The highest BCUT2D eigenvalue weighted by molar-refractivity contribution is 5.74. The van der Waals surface area contributed by atoms with Gasteiger partial charge < -0.3 is 10.1 Å². The number of nitro benzene ring substituents is 2. The number of nitro groups is 2. The summed E-state index contributed by atoms with van der Waals surface area (Å²) in [6.07, 6.45) is 6.90. The number of aromatic nitrogens is 2. The third kappa shape index (κ3) is 6.83. The summed E-state index contributed by atoms with van der Waals surface area (Å²) in [6.45, 7) is 0. The molecule has 10 heteroatoms. The minimum Gasteiger partial charge on any atom is -0.497 e. The molecule has 0 aliphatic rings. The molecule has 4 rings (SSSR count). The Bertz CT molecular complexity index is 1410. The molecule has 37 heavy (non-hydrogen) atoms. The van der Waals surface area contributed by atoms with Gasteiger partial charge in [0, 0.05) is 30.0 Å².